The Morgan fingerprint density at radius 1 is 1.13 bits per heavy atom. The molecule has 0 spiro atoms. The largest absolute Gasteiger partial charge is 0.497 e. The highest BCUT2D eigenvalue weighted by molar-refractivity contribution is 7.89. The van der Waals surface area contributed by atoms with E-state index < -0.39 is 15.9 Å². The molecule has 2 aromatic carbocycles. The van der Waals surface area contributed by atoms with E-state index in [1.54, 1.807) is 35.0 Å². The number of rotatable bonds is 9. The van der Waals surface area contributed by atoms with Crippen molar-refractivity contribution in [3.05, 3.63) is 60.9 Å². The van der Waals surface area contributed by atoms with Crippen molar-refractivity contribution in [2.75, 3.05) is 38.8 Å². The third-order valence-corrected chi connectivity index (χ3v) is 9.54. The number of nitrogens with zero attached hydrogens (tertiary/aromatic N) is 5. The number of hydrogen-bond donors (Lipinski definition) is 0. The zero-order chi connectivity index (χ0) is 26.7. The average molecular weight is 556 g/mol. The first-order valence-corrected chi connectivity index (χ1v) is 14.5. The lowest BCUT2D eigenvalue weighted by atomic mass is 9.98. The SMILES string of the molecule is COc1ccc(S(=O)(=O)N2CCCC(C(=O)N(CCn3cccn3)c3nc4ccc(OC)cc4s3)C2)cc1. The van der Waals surface area contributed by atoms with Crippen LogP contribution in [0.25, 0.3) is 10.2 Å². The molecule has 0 radical (unpaired) electrons. The fourth-order valence-corrected chi connectivity index (χ4v) is 7.10. The maximum Gasteiger partial charge on any atom is 0.243 e. The molecule has 0 saturated carbocycles. The van der Waals surface area contributed by atoms with Gasteiger partial charge in [-0.2, -0.15) is 9.40 Å². The van der Waals surface area contributed by atoms with Crippen LogP contribution in [0, 0.1) is 5.92 Å². The highest BCUT2D eigenvalue weighted by atomic mass is 32.2. The van der Waals surface area contributed by atoms with E-state index in [4.69, 9.17) is 14.5 Å². The van der Waals surface area contributed by atoms with Crippen molar-refractivity contribution >= 4 is 42.6 Å². The molecule has 0 N–H and O–H groups in total. The summed E-state index contributed by atoms with van der Waals surface area (Å²) in [6.45, 7) is 1.33. The quantitative estimate of drug-likeness (QED) is 0.310. The Bertz CT molecular complexity index is 1500. The number of piperidine rings is 1. The highest BCUT2D eigenvalue weighted by Gasteiger charge is 2.36. The van der Waals surface area contributed by atoms with Crippen molar-refractivity contribution in [1.29, 1.82) is 0 Å². The fraction of sp³-hybridized carbons (Fsp3) is 0.346. The summed E-state index contributed by atoms with van der Waals surface area (Å²) in [5.41, 5.74) is 0.773. The Morgan fingerprint density at radius 3 is 2.61 bits per heavy atom. The molecule has 38 heavy (non-hydrogen) atoms. The van der Waals surface area contributed by atoms with Crippen LogP contribution in [0.4, 0.5) is 5.13 Å². The summed E-state index contributed by atoms with van der Waals surface area (Å²) >= 11 is 1.41. The maximum atomic E-state index is 14.0. The van der Waals surface area contributed by atoms with Gasteiger partial charge in [0.05, 0.1) is 41.8 Å². The van der Waals surface area contributed by atoms with E-state index in [2.05, 4.69) is 5.10 Å². The number of sulfonamides is 1. The fourth-order valence-electron chi connectivity index (χ4n) is 4.55. The molecule has 200 valence electrons. The number of carbonyl (C=O) groups excluding carboxylic acids is 1. The van der Waals surface area contributed by atoms with Gasteiger partial charge in [-0.05, 0) is 61.4 Å². The molecule has 12 heteroatoms. The van der Waals surface area contributed by atoms with Gasteiger partial charge in [-0.3, -0.25) is 14.4 Å². The first-order chi connectivity index (χ1) is 18.4. The van der Waals surface area contributed by atoms with Crippen molar-refractivity contribution in [3.8, 4) is 11.5 Å². The average Bonchev–Trinajstić information content (AvgIpc) is 3.62. The van der Waals surface area contributed by atoms with Crippen LogP contribution in [0.2, 0.25) is 0 Å². The molecule has 1 aliphatic heterocycles. The van der Waals surface area contributed by atoms with Crippen LogP contribution in [-0.2, 0) is 21.4 Å². The van der Waals surface area contributed by atoms with E-state index in [9.17, 15) is 13.2 Å². The van der Waals surface area contributed by atoms with E-state index in [1.165, 1.54) is 34.9 Å². The number of fused-ring (bicyclic) bond motifs is 1. The summed E-state index contributed by atoms with van der Waals surface area (Å²) in [4.78, 5) is 20.5. The molecule has 3 heterocycles. The predicted octanol–water partition coefficient (Wildman–Crippen LogP) is 3.64. The second-order valence-corrected chi connectivity index (χ2v) is 11.9. The van der Waals surface area contributed by atoms with Gasteiger partial charge in [0.1, 0.15) is 11.5 Å². The number of carbonyl (C=O) groups is 1. The third kappa shape index (κ3) is 5.38. The van der Waals surface area contributed by atoms with Crippen LogP contribution in [0.5, 0.6) is 11.5 Å². The standard InChI is InChI=1S/C26H29N5O5S2/c1-35-20-6-9-22(10-7-20)38(33,34)30-14-3-5-19(18-30)25(32)31(16-15-29-13-4-12-27-29)26-28-23-11-8-21(36-2)17-24(23)37-26/h4,6-13,17,19H,3,5,14-16,18H2,1-2H3. The minimum Gasteiger partial charge on any atom is -0.497 e. The molecular formula is C26H29N5O5S2. The number of ether oxygens (including phenoxy) is 2. The number of hydrogen-bond acceptors (Lipinski definition) is 8. The normalized spacial score (nSPS) is 16.4. The number of benzene rings is 2. The van der Waals surface area contributed by atoms with Crippen LogP contribution in [0.3, 0.4) is 0 Å². The molecule has 1 atom stereocenters. The lowest BCUT2D eigenvalue weighted by Gasteiger charge is -2.33. The molecule has 1 fully saturated rings. The molecule has 0 bridgehead atoms. The number of aromatic nitrogens is 3. The first kappa shape index (κ1) is 26.1. The van der Waals surface area contributed by atoms with E-state index >= 15 is 0 Å². The van der Waals surface area contributed by atoms with Crippen LogP contribution < -0.4 is 14.4 Å². The summed E-state index contributed by atoms with van der Waals surface area (Å²) in [5, 5.41) is 4.83. The smallest absolute Gasteiger partial charge is 0.243 e. The summed E-state index contributed by atoms with van der Waals surface area (Å²) in [6.07, 6.45) is 4.73. The maximum absolute atomic E-state index is 14.0. The van der Waals surface area contributed by atoms with Crippen LogP contribution >= 0.6 is 11.3 Å². The van der Waals surface area contributed by atoms with Gasteiger partial charge in [-0.15, -0.1) is 0 Å². The second-order valence-electron chi connectivity index (χ2n) is 8.97. The zero-order valence-electron chi connectivity index (χ0n) is 21.2. The molecule has 1 unspecified atom stereocenters. The van der Waals surface area contributed by atoms with Gasteiger partial charge in [0.25, 0.3) is 0 Å². The summed E-state index contributed by atoms with van der Waals surface area (Å²) in [6, 6.07) is 13.8. The van der Waals surface area contributed by atoms with Crippen molar-refractivity contribution in [2.24, 2.45) is 5.92 Å². The molecule has 2 aromatic heterocycles. The van der Waals surface area contributed by atoms with Gasteiger partial charge >= 0.3 is 0 Å². The van der Waals surface area contributed by atoms with Gasteiger partial charge in [-0.25, -0.2) is 13.4 Å². The summed E-state index contributed by atoms with van der Waals surface area (Å²) < 4.78 is 41.3. The van der Waals surface area contributed by atoms with Crippen molar-refractivity contribution in [2.45, 2.75) is 24.3 Å². The van der Waals surface area contributed by atoms with Gasteiger partial charge in [-0.1, -0.05) is 11.3 Å². The van der Waals surface area contributed by atoms with Gasteiger partial charge in [0, 0.05) is 32.0 Å². The molecule has 1 saturated heterocycles. The van der Waals surface area contributed by atoms with E-state index in [-0.39, 0.29) is 17.3 Å². The van der Waals surface area contributed by atoms with Crippen molar-refractivity contribution < 1.29 is 22.7 Å². The zero-order valence-corrected chi connectivity index (χ0v) is 22.8. The van der Waals surface area contributed by atoms with Crippen LogP contribution in [0.1, 0.15) is 12.8 Å². The van der Waals surface area contributed by atoms with E-state index in [0.717, 1.165) is 10.2 Å². The van der Waals surface area contributed by atoms with Crippen molar-refractivity contribution in [1.82, 2.24) is 19.1 Å². The molecule has 0 aliphatic carbocycles. The van der Waals surface area contributed by atoms with Crippen molar-refractivity contribution in [3.63, 3.8) is 0 Å². The Hall–Kier alpha value is -3.48. The molecule has 1 amide bonds. The van der Waals surface area contributed by atoms with Gasteiger partial charge in [0.15, 0.2) is 5.13 Å². The highest BCUT2D eigenvalue weighted by Crippen LogP contribution is 2.33. The Labute approximate surface area is 225 Å². The minimum absolute atomic E-state index is 0.115. The lowest BCUT2D eigenvalue weighted by Crippen LogP contribution is -2.47. The van der Waals surface area contributed by atoms with Gasteiger partial charge < -0.3 is 9.47 Å². The topological polar surface area (TPSA) is 107 Å². The molecule has 10 nitrogen and oxygen atoms in total. The van der Waals surface area contributed by atoms with E-state index in [0.29, 0.717) is 49.1 Å². The second kappa shape index (κ2) is 11.1. The van der Waals surface area contributed by atoms with E-state index in [1.807, 2.05) is 30.5 Å². The number of thiazole rings is 1. The molecular weight excluding hydrogens is 526 g/mol. The predicted molar refractivity (Wildman–Crippen MR) is 145 cm³/mol. The molecule has 1 aliphatic rings. The number of anilines is 1. The van der Waals surface area contributed by atoms with Crippen LogP contribution in [0.15, 0.2) is 65.8 Å². The Kier molecular flexibility index (Phi) is 7.63. The number of methoxy groups -OCH3 is 2. The van der Waals surface area contributed by atoms with Gasteiger partial charge in [0.2, 0.25) is 15.9 Å². The van der Waals surface area contributed by atoms with Crippen LogP contribution in [-0.4, -0.2) is 67.2 Å². The summed E-state index contributed by atoms with van der Waals surface area (Å²) in [7, 11) is -0.613. The monoisotopic (exact) mass is 555 g/mol. The molecule has 4 aromatic rings. The molecule has 5 rings (SSSR count). The third-order valence-electron chi connectivity index (χ3n) is 6.62. The summed E-state index contributed by atoms with van der Waals surface area (Å²) in [5.74, 6) is 0.666. The Morgan fingerprint density at radius 2 is 1.89 bits per heavy atom. The first-order valence-electron chi connectivity index (χ1n) is 12.3. The lowest BCUT2D eigenvalue weighted by molar-refractivity contribution is -0.123. The number of amides is 1. The minimum atomic E-state index is -3.75. The Balaban J connectivity index is 1.40.